The third kappa shape index (κ3) is 3.21. The summed E-state index contributed by atoms with van der Waals surface area (Å²) in [5.41, 5.74) is 0.977. The lowest BCUT2D eigenvalue weighted by molar-refractivity contribution is -0.00283. The van der Waals surface area contributed by atoms with Crippen LogP contribution >= 0.6 is 0 Å². The van der Waals surface area contributed by atoms with Crippen LogP contribution in [0.1, 0.15) is 38.0 Å². The molecule has 0 fully saturated rings. The maximum atomic E-state index is 12.2. The molecular formula is C17H23NO6. The van der Waals surface area contributed by atoms with E-state index in [2.05, 4.69) is 0 Å². The van der Waals surface area contributed by atoms with Crippen molar-refractivity contribution in [2.75, 3.05) is 27.0 Å². The van der Waals surface area contributed by atoms with Crippen LogP contribution in [-0.2, 0) is 15.9 Å². The fourth-order valence-electron chi connectivity index (χ4n) is 2.89. The highest BCUT2D eigenvalue weighted by Gasteiger charge is 2.34. The van der Waals surface area contributed by atoms with Crippen LogP contribution in [0.4, 0.5) is 4.79 Å². The van der Waals surface area contributed by atoms with Gasteiger partial charge < -0.3 is 29.0 Å². The van der Waals surface area contributed by atoms with E-state index in [1.54, 1.807) is 13.1 Å². The molecule has 1 aromatic rings. The molecular weight excluding hydrogens is 314 g/mol. The van der Waals surface area contributed by atoms with Crippen LogP contribution in [0.25, 0.3) is 0 Å². The van der Waals surface area contributed by atoms with Gasteiger partial charge >= 0.3 is 6.09 Å². The van der Waals surface area contributed by atoms with Crippen molar-refractivity contribution in [1.82, 2.24) is 4.90 Å². The van der Waals surface area contributed by atoms with Crippen molar-refractivity contribution in [1.29, 1.82) is 0 Å². The van der Waals surface area contributed by atoms with E-state index >= 15 is 0 Å². The molecule has 0 saturated carbocycles. The summed E-state index contributed by atoms with van der Waals surface area (Å²) in [5.74, 6) is 1.26. The highest BCUT2D eigenvalue weighted by molar-refractivity contribution is 5.68. The number of likely N-dealkylation sites (N-methyl/N-ethyl adjacent to an activating group) is 1. The average molecular weight is 337 g/mol. The fourth-order valence-corrected chi connectivity index (χ4v) is 2.89. The molecule has 2 heterocycles. The molecule has 0 radical (unpaired) electrons. The number of phenols is 1. The largest absolute Gasteiger partial charge is 0.508 e. The second-order valence-electron chi connectivity index (χ2n) is 6.99. The molecule has 0 aliphatic carbocycles. The number of phenolic OH excluding ortho intramolecular Hbond substituents is 1. The Balaban J connectivity index is 1.84. The second kappa shape index (κ2) is 6.05. The van der Waals surface area contributed by atoms with Gasteiger partial charge in [-0.3, -0.25) is 0 Å². The van der Waals surface area contributed by atoms with Crippen LogP contribution in [0.2, 0.25) is 0 Å². The number of benzene rings is 1. The number of carbonyl (C=O) groups is 1. The number of aromatic hydroxyl groups is 1. The summed E-state index contributed by atoms with van der Waals surface area (Å²) in [7, 11) is 1.66. The van der Waals surface area contributed by atoms with Crippen molar-refractivity contribution in [3.8, 4) is 17.2 Å². The van der Waals surface area contributed by atoms with Crippen molar-refractivity contribution in [2.24, 2.45) is 0 Å². The first-order valence-corrected chi connectivity index (χ1v) is 7.96. The van der Waals surface area contributed by atoms with Gasteiger partial charge in [0.15, 0.2) is 11.5 Å². The van der Waals surface area contributed by atoms with E-state index in [0.29, 0.717) is 31.1 Å². The van der Waals surface area contributed by atoms with Crippen LogP contribution in [0.3, 0.4) is 0 Å². The Hall–Kier alpha value is -2.15. The Morgan fingerprint density at radius 2 is 2.17 bits per heavy atom. The van der Waals surface area contributed by atoms with Crippen molar-refractivity contribution in [3.63, 3.8) is 0 Å². The highest BCUT2D eigenvalue weighted by atomic mass is 16.7. The minimum Gasteiger partial charge on any atom is -0.508 e. The lowest BCUT2D eigenvalue weighted by atomic mass is 9.94. The minimum atomic E-state index is -0.562. The van der Waals surface area contributed by atoms with E-state index in [0.717, 1.165) is 11.1 Å². The number of hydrogen-bond donors (Lipinski definition) is 1. The molecule has 0 bridgehead atoms. The van der Waals surface area contributed by atoms with Crippen molar-refractivity contribution in [3.05, 3.63) is 17.2 Å². The zero-order valence-corrected chi connectivity index (χ0v) is 14.4. The number of amides is 1. The number of nitrogens with zero attached hydrogens (tertiary/aromatic N) is 1. The molecule has 24 heavy (non-hydrogen) atoms. The van der Waals surface area contributed by atoms with Gasteiger partial charge in [-0.2, -0.15) is 0 Å². The highest BCUT2D eigenvalue weighted by Crippen LogP contribution is 2.47. The third-order valence-electron chi connectivity index (χ3n) is 3.93. The molecule has 3 rings (SSSR count). The van der Waals surface area contributed by atoms with E-state index in [1.165, 1.54) is 4.90 Å². The Kier molecular flexibility index (Phi) is 4.21. The zero-order chi connectivity index (χ0) is 17.5. The Bertz CT molecular complexity index is 648. The van der Waals surface area contributed by atoms with Gasteiger partial charge in [-0.05, 0) is 27.2 Å². The maximum Gasteiger partial charge on any atom is 0.410 e. The Morgan fingerprint density at radius 1 is 1.42 bits per heavy atom. The van der Waals surface area contributed by atoms with E-state index in [9.17, 15) is 9.90 Å². The van der Waals surface area contributed by atoms with Crippen molar-refractivity contribution >= 4 is 6.09 Å². The predicted octanol–water partition coefficient (Wildman–Crippen LogP) is 2.60. The van der Waals surface area contributed by atoms with Crippen LogP contribution < -0.4 is 9.47 Å². The van der Waals surface area contributed by atoms with Gasteiger partial charge in [-0.25, -0.2) is 4.79 Å². The minimum absolute atomic E-state index is 0.111. The molecule has 1 aromatic carbocycles. The normalized spacial score (nSPS) is 18.9. The summed E-state index contributed by atoms with van der Waals surface area (Å²) in [6, 6.07) is 1.57. The maximum absolute atomic E-state index is 12.2. The number of rotatable bonds is 2. The van der Waals surface area contributed by atoms with Crippen LogP contribution in [0.15, 0.2) is 6.07 Å². The average Bonchev–Trinajstić information content (AvgIpc) is 2.93. The fraction of sp³-hybridized carbons (Fsp3) is 0.588. The summed E-state index contributed by atoms with van der Waals surface area (Å²) < 4.78 is 22.1. The number of hydrogen-bond acceptors (Lipinski definition) is 6. The SMILES string of the molecule is CN(C[C@@H]1OCCc2c(O)cc3c(c21)OCO3)C(=O)OC(C)(C)C. The van der Waals surface area contributed by atoms with Gasteiger partial charge in [0.1, 0.15) is 17.5 Å². The van der Waals surface area contributed by atoms with Gasteiger partial charge in [0.05, 0.1) is 13.2 Å². The van der Waals surface area contributed by atoms with Gasteiger partial charge in [0.25, 0.3) is 0 Å². The van der Waals surface area contributed by atoms with Crippen LogP contribution in [0.5, 0.6) is 17.2 Å². The van der Waals surface area contributed by atoms with Crippen LogP contribution in [0, 0.1) is 0 Å². The summed E-state index contributed by atoms with van der Waals surface area (Å²) in [4.78, 5) is 13.7. The molecule has 1 atom stereocenters. The first-order valence-electron chi connectivity index (χ1n) is 7.96. The van der Waals surface area contributed by atoms with Crippen molar-refractivity contribution in [2.45, 2.75) is 38.9 Å². The van der Waals surface area contributed by atoms with Gasteiger partial charge in [-0.15, -0.1) is 0 Å². The molecule has 0 aromatic heterocycles. The Morgan fingerprint density at radius 3 is 2.88 bits per heavy atom. The van der Waals surface area contributed by atoms with E-state index in [4.69, 9.17) is 18.9 Å². The molecule has 0 unspecified atom stereocenters. The van der Waals surface area contributed by atoms with E-state index < -0.39 is 17.8 Å². The Labute approximate surface area is 141 Å². The summed E-state index contributed by atoms with van der Waals surface area (Å²) in [5, 5.41) is 10.2. The van der Waals surface area contributed by atoms with Crippen molar-refractivity contribution < 1.29 is 28.8 Å². The predicted molar refractivity (Wildman–Crippen MR) is 85.5 cm³/mol. The summed E-state index contributed by atoms with van der Waals surface area (Å²) in [6.45, 7) is 6.33. The van der Waals surface area contributed by atoms with Crippen LogP contribution in [-0.4, -0.2) is 48.7 Å². The number of ether oxygens (including phenoxy) is 4. The second-order valence-corrected chi connectivity index (χ2v) is 6.99. The molecule has 1 N–H and O–H groups in total. The lowest BCUT2D eigenvalue weighted by Gasteiger charge is -2.31. The number of carbonyl (C=O) groups excluding carboxylic acids is 1. The topological polar surface area (TPSA) is 77.5 Å². The smallest absolute Gasteiger partial charge is 0.410 e. The van der Waals surface area contributed by atoms with Gasteiger partial charge in [0, 0.05) is 24.2 Å². The molecule has 7 heteroatoms. The molecule has 0 spiro atoms. The monoisotopic (exact) mass is 337 g/mol. The lowest BCUT2D eigenvalue weighted by Crippen LogP contribution is -2.38. The summed E-state index contributed by atoms with van der Waals surface area (Å²) in [6.07, 6.45) is -0.245. The quantitative estimate of drug-likeness (QED) is 0.894. The molecule has 2 aliphatic heterocycles. The van der Waals surface area contributed by atoms with E-state index in [-0.39, 0.29) is 12.5 Å². The standard InChI is InChI=1S/C17H23NO6/c1-17(2,3)24-16(20)18(4)8-13-14-10(5-6-21-13)11(19)7-12-15(14)23-9-22-12/h7,13,19H,5-6,8-9H2,1-4H3/t13-/m0/s1. The molecule has 2 aliphatic rings. The zero-order valence-electron chi connectivity index (χ0n) is 14.4. The number of fused-ring (bicyclic) bond motifs is 3. The third-order valence-corrected chi connectivity index (χ3v) is 3.93. The first-order chi connectivity index (χ1) is 11.3. The first kappa shape index (κ1) is 16.7. The molecule has 132 valence electrons. The van der Waals surface area contributed by atoms with Gasteiger partial charge in [-0.1, -0.05) is 0 Å². The molecule has 0 saturated heterocycles. The molecule has 1 amide bonds. The summed E-state index contributed by atoms with van der Waals surface area (Å²) >= 11 is 0. The van der Waals surface area contributed by atoms with E-state index in [1.807, 2.05) is 20.8 Å². The van der Waals surface area contributed by atoms with Gasteiger partial charge in [0.2, 0.25) is 6.79 Å². The molecule has 7 nitrogen and oxygen atoms in total.